The van der Waals surface area contributed by atoms with Crippen LogP contribution >= 0.6 is 0 Å². The number of nitrogens with one attached hydrogen (secondary N) is 2. The standard InChI is InChI=1S/C15H24N2O2/c1-4-16-10-12(3)15(18)17-11-13-7-6-8-14(9-13)19-5-2/h6-9,12,16H,4-5,10-11H2,1-3H3,(H,17,18). The summed E-state index contributed by atoms with van der Waals surface area (Å²) in [7, 11) is 0. The molecule has 0 fully saturated rings. The van der Waals surface area contributed by atoms with E-state index in [2.05, 4.69) is 10.6 Å². The van der Waals surface area contributed by atoms with Crippen LogP contribution in [0.4, 0.5) is 0 Å². The van der Waals surface area contributed by atoms with Gasteiger partial charge in [-0.1, -0.05) is 26.0 Å². The van der Waals surface area contributed by atoms with Crippen LogP contribution in [0.15, 0.2) is 24.3 Å². The number of benzene rings is 1. The lowest BCUT2D eigenvalue weighted by atomic mass is 10.1. The van der Waals surface area contributed by atoms with E-state index in [1.807, 2.05) is 45.0 Å². The summed E-state index contributed by atoms with van der Waals surface area (Å²) in [6, 6.07) is 7.80. The van der Waals surface area contributed by atoms with Crippen molar-refractivity contribution in [1.82, 2.24) is 10.6 Å². The quantitative estimate of drug-likeness (QED) is 0.754. The number of hydrogen-bond donors (Lipinski definition) is 2. The number of hydrogen-bond acceptors (Lipinski definition) is 3. The number of ether oxygens (including phenoxy) is 1. The molecule has 0 spiro atoms. The Morgan fingerprint density at radius 2 is 2.16 bits per heavy atom. The second kappa shape index (κ2) is 8.53. The van der Waals surface area contributed by atoms with Gasteiger partial charge in [0.2, 0.25) is 5.91 Å². The first-order valence-electron chi connectivity index (χ1n) is 6.87. The Kier molecular flexibility index (Phi) is 6.97. The van der Waals surface area contributed by atoms with Crippen molar-refractivity contribution < 1.29 is 9.53 Å². The van der Waals surface area contributed by atoms with E-state index in [0.29, 0.717) is 19.7 Å². The summed E-state index contributed by atoms with van der Waals surface area (Å²) in [5.74, 6) is 0.896. The number of carbonyl (C=O) groups excluding carboxylic acids is 1. The predicted octanol–water partition coefficient (Wildman–Crippen LogP) is 1.95. The van der Waals surface area contributed by atoms with E-state index in [0.717, 1.165) is 17.9 Å². The summed E-state index contributed by atoms with van der Waals surface area (Å²) in [6.45, 7) is 8.69. The Balaban J connectivity index is 2.43. The molecule has 4 nitrogen and oxygen atoms in total. The van der Waals surface area contributed by atoms with Gasteiger partial charge in [0, 0.05) is 19.0 Å². The largest absolute Gasteiger partial charge is 0.494 e. The summed E-state index contributed by atoms with van der Waals surface area (Å²) in [5.41, 5.74) is 1.05. The molecule has 0 aromatic heterocycles. The molecule has 1 unspecified atom stereocenters. The summed E-state index contributed by atoms with van der Waals surface area (Å²) in [5, 5.41) is 6.11. The number of amides is 1. The van der Waals surface area contributed by atoms with Gasteiger partial charge in [-0.25, -0.2) is 0 Å². The molecule has 0 bridgehead atoms. The summed E-state index contributed by atoms with van der Waals surface area (Å²) >= 11 is 0. The van der Waals surface area contributed by atoms with Crippen LogP contribution in [0, 0.1) is 5.92 Å². The monoisotopic (exact) mass is 264 g/mol. The maximum atomic E-state index is 11.9. The normalized spacial score (nSPS) is 11.9. The van der Waals surface area contributed by atoms with E-state index in [9.17, 15) is 4.79 Å². The van der Waals surface area contributed by atoms with Gasteiger partial charge in [0.1, 0.15) is 5.75 Å². The lowest BCUT2D eigenvalue weighted by Crippen LogP contribution is -2.34. The fourth-order valence-corrected chi connectivity index (χ4v) is 1.73. The second-order valence-electron chi connectivity index (χ2n) is 4.51. The Labute approximate surface area is 115 Å². The van der Waals surface area contributed by atoms with E-state index in [4.69, 9.17) is 4.74 Å². The second-order valence-corrected chi connectivity index (χ2v) is 4.51. The van der Waals surface area contributed by atoms with Crippen LogP contribution in [0.25, 0.3) is 0 Å². The van der Waals surface area contributed by atoms with Crippen LogP contribution in [-0.4, -0.2) is 25.6 Å². The van der Waals surface area contributed by atoms with Crippen molar-refractivity contribution in [3.63, 3.8) is 0 Å². The third-order valence-corrected chi connectivity index (χ3v) is 2.82. The van der Waals surface area contributed by atoms with Gasteiger partial charge in [0.25, 0.3) is 0 Å². The first kappa shape index (κ1) is 15.5. The zero-order valence-corrected chi connectivity index (χ0v) is 12.0. The molecule has 1 aromatic rings. The molecule has 0 aliphatic rings. The Hall–Kier alpha value is -1.55. The molecular formula is C15H24N2O2. The molecule has 0 aliphatic heterocycles. The molecule has 4 heteroatoms. The molecule has 1 aromatic carbocycles. The van der Waals surface area contributed by atoms with E-state index >= 15 is 0 Å². The van der Waals surface area contributed by atoms with Crippen molar-refractivity contribution in [3.8, 4) is 5.75 Å². The lowest BCUT2D eigenvalue weighted by molar-refractivity contribution is -0.124. The first-order chi connectivity index (χ1) is 9.17. The third-order valence-electron chi connectivity index (χ3n) is 2.82. The number of rotatable bonds is 8. The molecule has 0 radical (unpaired) electrons. The van der Waals surface area contributed by atoms with Gasteiger partial charge < -0.3 is 15.4 Å². The fraction of sp³-hybridized carbons (Fsp3) is 0.533. The van der Waals surface area contributed by atoms with Gasteiger partial charge in [-0.3, -0.25) is 4.79 Å². The predicted molar refractivity (Wildman–Crippen MR) is 77.2 cm³/mol. The molecule has 0 saturated heterocycles. The molecule has 1 rings (SSSR count). The number of carbonyl (C=O) groups is 1. The summed E-state index contributed by atoms with van der Waals surface area (Å²) < 4.78 is 5.43. The molecule has 2 N–H and O–H groups in total. The van der Waals surface area contributed by atoms with Crippen LogP contribution in [0.3, 0.4) is 0 Å². The van der Waals surface area contributed by atoms with Crippen molar-refractivity contribution in [2.75, 3.05) is 19.7 Å². The Morgan fingerprint density at radius 1 is 1.37 bits per heavy atom. The van der Waals surface area contributed by atoms with E-state index < -0.39 is 0 Å². The molecule has 0 heterocycles. The van der Waals surface area contributed by atoms with Crippen molar-refractivity contribution in [2.45, 2.75) is 27.3 Å². The maximum absolute atomic E-state index is 11.9. The molecule has 106 valence electrons. The van der Waals surface area contributed by atoms with E-state index in [1.54, 1.807) is 0 Å². The van der Waals surface area contributed by atoms with Crippen LogP contribution in [0.5, 0.6) is 5.75 Å². The zero-order chi connectivity index (χ0) is 14.1. The summed E-state index contributed by atoms with van der Waals surface area (Å²) in [6.07, 6.45) is 0. The average molecular weight is 264 g/mol. The van der Waals surface area contributed by atoms with Gasteiger partial charge in [0.15, 0.2) is 0 Å². The highest BCUT2D eigenvalue weighted by Gasteiger charge is 2.11. The molecular weight excluding hydrogens is 240 g/mol. The minimum absolute atomic E-state index is 0.0185. The molecule has 1 atom stereocenters. The summed E-state index contributed by atoms with van der Waals surface area (Å²) in [4.78, 5) is 11.9. The van der Waals surface area contributed by atoms with Gasteiger partial charge in [-0.15, -0.1) is 0 Å². The van der Waals surface area contributed by atoms with Crippen molar-refractivity contribution >= 4 is 5.91 Å². The van der Waals surface area contributed by atoms with Gasteiger partial charge in [-0.05, 0) is 31.2 Å². The van der Waals surface area contributed by atoms with Crippen LogP contribution < -0.4 is 15.4 Å². The highest BCUT2D eigenvalue weighted by atomic mass is 16.5. The van der Waals surface area contributed by atoms with Crippen LogP contribution in [0.1, 0.15) is 26.3 Å². The maximum Gasteiger partial charge on any atom is 0.224 e. The van der Waals surface area contributed by atoms with Crippen molar-refractivity contribution in [1.29, 1.82) is 0 Å². The minimum atomic E-state index is -0.0185. The Bertz CT molecular complexity index is 393. The smallest absolute Gasteiger partial charge is 0.224 e. The first-order valence-corrected chi connectivity index (χ1v) is 6.87. The lowest BCUT2D eigenvalue weighted by Gasteiger charge is -2.13. The molecule has 0 saturated carbocycles. The van der Waals surface area contributed by atoms with Crippen LogP contribution in [-0.2, 0) is 11.3 Å². The Morgan fingerprint density at radius 3 is 2.84 bits per heavy atom. The third kappa shape index (κ3) is 5.75. The average Bonchev–Trinajstić information content (AvgIpc) is 2.43. The molecule has 0 aliphatic carbocycles. The van der Waals surface area contributed by atoms with Crippen LogP contribution in [0.2, 0.25) is 0 Å². The highest BCUT2D eigenvalue weighted by molar-refractivity contribution is 5.78. The fourth-order valence-electron chi connectivity index (χ4n) is 1.73. The van der Waals surface area contributed by atoms with E-state index in [-0.39, 0.29) is 11.8 Å². The molecule has 19 heavy (non-hydrogen) atoms. The topological polar surface area (TPSA) is 50.4 Å². The zero-order valence-electron chi connectivity index (χ0n) is 12.0. The molecule has 1 amide bonds. The van der Waals surface area contributed by atoms with Crippen molar-refractivity contribution in [2.24, 2.45) is 5.92 Å². The highest BCUT2D eigenvalue weighted by Crippen LogP contribution is 2.13. The van der Waals surface area contributed by atoms with Crippen molar-refractivity contribution in [3.05, 3.63) is 29.8 Å². The van der Waals surface area contributed by atoms with E-state index in [1.165, 1.54) is 0 Å². The SMILES string of the molecule is CCNCC(C)C(=O)NCc1cccc(OCC)c1. The minimum Gasteiger partial charge on any atom is -0.494 e. The van der Waals surface area contributed by atoms with Gasteiger partial charge >= 0.3 is 0 Å². The van der Waals surface area contributed by atoms with Gasteiger partial charge in [-0.2, -0.15) is 0 Å². The van der Waals surface area contributed by atoms with Gasteiger partial charge in [0.05, 0.1) is 6.61 Å².